The third-order valence-corrected chi connectivity index (χ3v) is 4.01. The van der Waals surface area contributed by atoms with Crippen molar-refractivity contribution in [1.82, 2.24) is 15.8 Å². The summed E-state index contributed by atoms with van der Waals surface area (Å²) in [6, 6.07) is 9.33. The maximum atomic E-state index is 12.8. The molecule has 0 fully saturated rings. The monoisotopic (exact) mass is 342 g/mol. The molecule has 1 aromatic heterocycles. The van der Waals surface area contributed by atoms with Crippen LogP contribution in [0, 0.1) is 13.8 Å². The second kappa shape index (κ2) is 6.45. The smallest absolute Gasteiger partial charge is 0.257 e. The van der Waals surface area contributed by atoms with Gasteiger partial charge in [-0.15, -0.1) is 0 Å². The summed E-state index contributed by atoms with van der Waals surface area (Å²) in [5.74, 6) is 0.759. The molecule has 24 heavy (non-hydrogen) atoms. The van der Waals surface area contributed by atoms with Crippen molar-refractivity contribution in [3.63, 3.8) is 0 Å². The predicted molar refractivity (Wildman–Crippen MR) is 95.4 cm³/mol. The number of aromatic nitrogens is 1. The first-order valence-electron chi connectivity index (χ1n) is 7.53. The molecular formula is C17H18N4O2S. The number of thiocarbonyl (C=S) groups is 1. The quantitative estimate of drug-likeness (QED) is 0.745. The lowest BCUT2D eigenvalue weighted by atomic mass is 9.94. The molecule has 6 nitrogen and oxygen atoms in total. The van der Waals surface area contributed by atoms with Crippen LogP contribution in [-0.4, -0.2) is 16.2 Å². The minimum Gasteiger partial charge on any atom is -0.360 e. The highest BCUT2D eigenvalue weighted by Gasteiger charge is 2.30. The minimum absolute atomic E-state index is 0.256. The van der Waals surface area contributed by atoms with Crippen molar-refractivity contribution in [2.24, 2.45) is 0 Å². The van der Waals surface area contributed by atoms with Gasteiger partial charge in [-0.1, -0.05) is 35.0 Å². The number of hydrogen-bond acceptors (Lipinski definition) is 4. The number of benzene rings is 1. The van der Waals surface area contributed by atoms with Gasteiger partial charge in [0.05, 0.1) is 11.6 Å². The van der Waals surface area contributed by atoms with E-state index in [1.807, 2.05) is 38.1 Å². The molecule has 1 aromatic carbocycles. The number of anilines is 1. The van der Waals surface area contributed by atoms with Crippen LogP contribution in [0.4, 0.5) is 5.82 Å². The van der Waals surface area contributed by atoms with Gasteiger partial charge in [0.15, 0.2) is 10.9 Å². The molecule has 124 valence electrons. The lowest BCUT2D eigenvalue weighted by Gasteiger charge is -2.30. The average molecular weight is 342 g/mol. The van der Waals surface area contributed by atoms with Gasteiger partial charge in [0.1, 0.15) is 5.76 Å². The Morgan fingerprint density at radius 3 is 2.58 bits per heavy atom. The summed E-state index contributed by atoms with van der Waals surface area (Å²) in [4.78, 5) is 12.8. The van der Waals surface area contributed by atoms with E-state index in [1.165, 1.54) is 0 Å². The Morgan fingerprint density at radius 1 is 1.25 bits per heavy atom. The van der Waals surface area contributed by atoms with Gasteiger partial charge in [0, 0.05) is 11.8 Å². The Bertz CT molecular complexity index is 823. The Hall–Kier alpha value is -2.67. The number of allylic oxidation sites excluding steroid dienone is 1. The summed E-state index contributed by atoms with van der Waals surface area (Å²) >= 11 is 5.24. The highest BCUT2D eigenvalue weighted by molar-refractivity contribution is 7.80. The van der Waals surface area contributed by atoms with E-state index in [0.717, 1.165) is 11.1 Å². The summed E-state index contributed by atoms with van der Waals surface area (Å²) < 4.78 is 4.99. The minimum atomic E-state index is -0.327. The van der Waals surface area contributed by atoms with E-state index in [9.17, 15) is 4.79 Å². The standard InChI is InChI=1S/C17H18N4O2S/c1-9-4-6-12(7-5-9)15-14(11(3)18-17(24)20-15)16(22)19-13-8-10(2)23-21-13/h4-8,15H,1-3H3,(H2,18,20,24)(H,19,21,22). The van der Waals surface area contributed by atoms with Crippen LogP contribution in [0.25, 0.3) is 0 Å². The van der Waals surface area contributed by atoms with E-state index < -0.39 is 0 Å². The number of aryl methyl sites for hydroxylation is 2. The van der Waals surface area contributed by atoms with Crippen molar-refractivity contribution in [3.8, 4) is 0 Å². The maximum absolute atomic E-state index is 12.8. The molecule has 0 radical (unpaired) electrons. The number of rotatable bonds is 3. The van der Waals surface area contributed by atoms with Crippen LogP contribution >= 0.6 is 12.2 Å². The molecule has 1 unspecified atom stereocenters. The molecule has 1 atom stereocenters. The number of carbonyl (C=O) groups excluding carboxylic acids is 1. The highest BCUT2D eigenvalue weighted by Crippen LogP contribution is 2.28. The third-order valence-electron chi connectivity index (χ3n) is 3.79. The van der Waals surface area contributed by atoms with Gasteiger partial charge >= 0.3 is 0 Å². The molecule has 1 aliphatic heterocycles. The molecule has 2 aromatic rings. The molecular weight excluding hydrogens is 324 g/mol. The first-order chi connectivity index (χ1) is 11.4. The van der Waals surface area contributed by atoms with Crippen LogP contribution in [-0.2, 0) is 4.79 Å². The molecule has 1 amide bonds. The zero-order valence-electron chi connectivity index (χ0n) is 13.6. The SMILES string of the molecule is CC1=C(C(=O)Nc2cc(C)on2)C(c2ccc(C)cc2)NC(=S)N1. The number of hydrogen-bond donors (Lipinski definition) is 3. The topological polar surface area (TPSA) is 79.2 Å². The molecule has 0 aliphatic carbocycles. The van der Waals surface area contributed by atoms with E-state index in [0.29, 0.717) is 28.0 Å². The zero-order valence-corrected chi connectivity index (χ0v) is 14.5. The van der Waals surface area contributed by atoms with Gasteiger partial charge in [-0.2, -0.15) is 0 Å². The molecule has 3 N–H and O–H groups in total. The predicted octanol–water partition coefficient (Wildman–Crippen LogP) is 2.72. The van der Waals surface area contributed by atoms with Crippen molar-refractivity contribution >= 4 is 29.1 Å². The van der Waals surface area contributed by atoms with Crippen LogP contribution < -0.4 is 16.0 Å². The van der Waals surface area contributed by atoms with Crippen LogP contribution in [0.2, 0.25) is 0 Å². The van der Waals surface area contributed by atoms with Gasteiger partial charge < -0.3 is 20.5 Å². The summed E-state index contributed by atoms with van der Waals surface area (Å²) in [6.45, 7) is 5.62. The van der Waals surface area contributed by atoms with Gasteiger partial charge in [-0.3, -0.25) is 4.79 Å². The lowest BCUT2D eigenvalue weighted by molar-refractivity contribution is -0.113. The number of nitrogens with one attached hydrogen (secondary N) is 3. The summed E-state index contributed by atoms with van der Waals surface area (Å²) in [5, 5.41) is 13.2. The molecule has 2 heterocycles. The fourth-order valence-electron chi connectivity index (χ4n) is 2.61. The lowest BCUT2D eigenvalue weighted by Crippen LogP contribution is -2.45. The van der Waals surface area contributed by atoms with E-state index in [1.54, 1.807) is 13.0 Å². The summed E-state index contributed by atoms with van der Waals surface area (Å²) in [5.41, 5.74) is 3.39. The van der Waals surface area contributed by atoms with Crippen LogP contribution in [0.15, 0.2) is 46.1 Å². The Labute approximate surface area is 145 Å². The van der Waals surface area contributed by atoms with E-state index >= 15 is 0 Å². The molecule has 0 saturated carbocycles. The molecule has 0 bridgehead atoms. The molecule has 0 saturated heterocycles. The summed E-state index contributed by atoms with van der Waals surface area (Å²) in [7, 11) is 0. The van der Waals surface area contributed by atoms with Gasteiger partial charge in [-0.25, -0.2) is 0 Å². The molecule has 0 spiro atoms. The van der Waals surface area contributed by atoms with Crippen LogP contribution in [0.1, 0.15) is 29.9 Å². The molecule has 7 heteroatoms. The number of carbonyl (C=O) groups is 1. The van der Waals surface area contributed by atoms with Crippen molar-refractivity contribution in [2.45, 2.75) is 26.8 Å². The normalized spacial score (nSPS) is 17.3. The Kier molecular flexibility index (Phi) is 4.35. The third kappa shape index (κ3) is 3.30. The van der Waals surface area contributed by atoms with Gasteiger partial charge in [0.2, 0.25) is 0 Å². The zero-order chi connectivity index (χ0) is 17.3. The van der Waals surface area contributed by atoms with E-state index in [2.05, 4.69) is 21.1 Å². The van der Waals surface area contributed by atoms with Crippen molar-refractivity contribution < 1.29 is 9.32 Å². The Balaban J connectivity index is 1.94. The van der Waals surface area contributed by atoms with Crippen molar-refractivity contribution in [3.05, 3.63) is 58.5 Å². The summed E-state index contributed by atoms with van der Waals surface area (Å²) in [6.07, 6.45) is 0. The largest absolute Gasteiger partial charge is 0.360 e. The van der Waals surface area contributed by atoms with E-state index in [4.69, 9.17) is 16.7 Å². The first-order valence-corrected chi connectivity index (χ1v) is 7.94. The second-order valence-corrected chi connectivity index (χ2v) is 6.17. The fraction of sp³-hybridized carbons (Fsp3) is 0.235. The van der Waals surface area contributed by atoms with Crippen LogP contribution in [0.3, 0.4) is 0 Å². The van der Waals surface area contributed by atoms with E-state index in [-0.39, 0.29) is 11.9 Å². The van der Waals surface area contributed by atoms with Gasteiger partial charge in [0.25, 0.3) is 5.91 Å². The number of nitrogens with zero attached hydrogens (tertiary/aromatic N) is 1. The highest BCUT2D eigenvalue weighted by atomic mass is 32.1. The number of amides is 1. The molecule has 3 rings (SSSR count). The maximum Gasteiger partial charge on any atom is 0.257 e. The average Bonchev–Trinajstić information content (AvgIpc) is 2.92. The van der Waals surface area contributed by atoms with Crippen molar-refractivity contribution in [1.29, 1.82) is 0 Å². The second-order valence-electron chi connectivity index (χ2n) is 5.76. The fourth-order valence-corrected chi connectivity index (χ4v) is 2.88. The first kappa shape index (κ1) is 16.2. The van der Waals surface area contributed by atoms with Crippen molar-refractivity contribution in [2.75, 3.05) is 5.32 Å². The van der Waals surface area contributed by atoms with Crippen LogP contribution in [0.5, 0.6) is 0 Å². The molecule has 1 aliphatic rings. The Morgan fingerprint density at radius 2 is 1.96 bits per heavy atom. The van der Waals surface area contributed by atoms with Gasteiger partial charge in [-0.05, 0) is 38.6 Å².